The largest absolute Gasteiger partial charge is 0.466 e. The van der Waals surface area contributed by atoms with Crippen molar-refractivity contribution in [2.45, 2.75) is 13.8 Å². The zero-order valence-corrected chi connectivity index (χ0v) is 8.37. The second-order valence-corrected chi connectivity index (χ2v) is 3.17. The molecule has 0 unspecified atom stereocenters. The molecule has 76 valence electrons. The second-order valence-electron chi connectivity index (χ2n) is 3.17. The molecule has 15 heavy (non-hydrogen) atoms. The summed E-state index contributed by atoms with van der Waals surface area (Å²) in [5.41, 5.74) is 6.29. The molecule has 0 saturated heterocycles. The van der Waals surface area contributed by atoms with Crippen LogP contribution < -0.4 is 5.73 Å². The number of rotatable bonds is 1. The van der Waals surface area contributed by atoms with Gasteiger partial charge in [-0.05, 0) is 19.9 Å². The summed E-state index contributed by atoms with van der Waals surface area (Å²) < 4.78 is 10.5. The Labute approximate surface area is 86.1 Å². The predicted octanol–water partition coefficient (Wildman–Crippen LogP) is 2.01. The van der Waals surface area contributed by atoms with Gasteiger partial charge in [-0.25, -0.2) is 0 Å². The van der Waals surface area contributed by atoms with Crippen LogP contribution >= 0.6 is 0 Å². The van der Waals surface area contributed by atoms with E-state index in [4.69, 9.17) is 19.8 Å². The van der Waals surface area contributed by atoms with Crippen LogP contribution in [0.5, 0.6) is 0 Å². The standard InChI is InChI=1S/C10H9N3O2/c1-5-3-7(6(2)14-5)10-13-8(4-11)9(12)15-10/h3H,12H2,1-2H3. The summed E-state index contributed by atoms with van der Waals surface area (Å²) in [7, 11) is 0. The van der Waals surface area contributed by atoms with Crippen molar-refractivity contribution in [1.29, 1.82) is 5.26 Å². The first-order valence-corrected chi connectivity index (χ1v) is 4.35. The Bertz CT molecular complexity index is 546. The van der Waals surface area contributed by atoms with Gasteiger partial charge >= 0.3 is 0 Å². The molecule has 2 rings (SSSR count). The molecule has 2 heterocycles. The van der Waals surface area contributed by atoms with Crippen LogP contribution in [-0.4, -0.2) is 4.98 Å². The molecule has 0 spiro atoms. The van der Waals surface area contributed by atoms with E-state index < -0.39 is 0 Å². The summed E-state index contributed by atoms with van der Waals surface area (Å²) in [4.78, 5) is 3.96. The average molecular weight is 203 g/mol. The van der Waals surface area contributed by atoms with Crippen LogP contribution in [0.2, 0.25) is 0 Å². The molecule has 0 amide bonds. The van der Waals surface area contributed by atoms with E-state index in [2.05, 4.69) is 4.98 Å². The Morgan fingerprint density at radius 3 is 2.60 bits per heavy atom. The maximum absolute atomic E-state index is 8.68. The van der Waals surface area contributed by atoms with Gasteiger partial charge in [0.05, 0.1) is 5.56 Å². The van der Waals surface area contributed by atoms with E-state index in [9.17, 15) is 0 Å². The molecule has 0 saturated carbocycles. The van der Waals surface area contributed by atoms with Crippen LogP contribution in [0.3, 0.4) is 0 Å². The Morgan fingerprint density at radius 1 is 1.40 bits per heavy atom. The zero-order valence-electron chi connectivity index (χ0n) is 8.37. The molecule has 0 aliphatic rings. The molecule has 2 aromatic heterocycles. The van der Waals surface area contributed by atoms with Gasteiger partial charge in [-0.2, -0.15) is 10.2 Å². The number of hydrogen-bond donors (Lipinski definition) is 1. The Morgan fingerprint density at radius 2 is 2.13 bits per heavy atom. The highest BCUT2D eigenvalue weighted by Crippen LogP contribution is 2.28. The number of anilines is 1. The van der Waals surface area contributed by atoms with Crippen molar-refractivity contribution in [1.82, 2.24) is 4.98 Å². The Kier molecular flexibility index (Phi) is 1.97. The summed E-state index contributed by atoms with van der Waals surface area (Å²) in [6, 6.07) is 3.64. The zero-order chi connectivity index (χ0) is 11.0. The maximum Gasteiger partial charge on any atom is 0.233 e. The molecule has 0 bridgehead atoms. The van der Waals surface area contributed by atoms with Gasteiger partial charge in [-0.1, -0.05) is 0 Å². The van der Waals surface area contributed by atoms with Gasteiger partial charge in [-0.3, -0.25) is 0 Å². The van der Waals surface area contributed by atoms with Crippen LogP contribution in [0.15, 0.2) is 14.9 Å². The smallest absolute Gasteiger partial charge is 0.233 e. The third kappa shape index (κ3) is 1.46. The molecule has 5 nitrogen and oxygen atoms in total. The molecule has 0 aliphatic heterocycles. The van der Waals surface area contributed by atoms with Crippen molar-refractivity contribution >= 4 is 5.88 Å². The molecule has 0 aliphatic carbocycles. The van der Waals surface area contributed by atoms with Gasteiger partial charge < -0.3 is 14.6 Å². The predicted molar refractivity (Wildman–Crippen MR) is 52.8 cm³/mol. The minimum atomic E-state index is 0.0331. The Hall–Kier alpha value is -2.22. The summed E-state index contributed by atoms with van der Waals surface area (Å²) in [6.07, 6.45) is 0. The van der Waals surface area contributed by atoms with Crippen molar-refractivity contribution in [3.63, 3.8) is 0 Å². The van der Waals surface area contributed by atoms with Crippen LogP contribution in [0.4, 0.5) is 5.88 Å². The van der Waals surface area contributed by atoms with Crippen LogP contribution in [-0.2, 0) is 0 Å². The van der Waals surface area contributed by atoms with Crippen molar-refractivity contribution in [3.05, 3.63) is 23.3 Å². The first-order valence-electron chi connectivity index (χ1n) is 4.35. The number of nitrogens with two attached hydrogens (primary N) is 1. The van der Waals surface area contributed by atoms with Crippen molar-refractivity contribution in [2.75, 3.05) is 5.73 Å². The maximum atomic E-state index is 8.68. The first kappa shape index (κ1) is 9.34. The molecule has 2 N–H and O–H groups in total. The van der Waals surface area contributed by atoms with E-state index >= 15 is 0 Å². The highest BCUT2D eigenvalue weighted by molar-refractivity contribution is 5.60. The van der Waals surface area contributed by atoms with E-state index in [1.54, 1.807) is 13.0 Å². The normalized spacial score (nSPS) is 10.2. The summed E-state index contributed by atoms with van der Waals surface area (Å²) >= 11 is 0. The van der Waals surface area contributed by atoms with E-state index in [0.29, 0.717) is 11.7 Å². The summed E-state index contributed by atoms with van der Waals surface area (Å²) in [5, 5.41) is 8.68. The minimum absolute atomic E-state index is 0.0331. The minimum Gasteiger partial charge on any atom is -0.466 e. The number of oxazole rings is 1. The first-order chi connectivity index (χ1) is 7.11. The summed E-state index contributed by atoms with van der Waals surface area (Å²) in [6.45, 7) is 3.63. The van der Waals surface area contributed by atoms with Gasteiger partial charge in [-0.15, -0.1) is 0 Å². The molecule has 0 atom stereocenters. The van der Waals surface area contributed by atoms with Crippen LogP contribution in [0.25, 0.3) is 11.5 Å². The quantitative estimate of drug-likeness (QED) is 0.765. The Balaban J connectivity index is 2.55. The number of furan rings is 1. The molecule has 0 aromatic carbocycles. The SMILES string of the molecule is Cc1cc(-c2nc(C#N)c(N)o2)c(C)o1. The lowest BCUT2D eigenvalue weighted by atomic mass is 10.2. The lowest BCUT2D eigenvalue weighted by Crippen LogP contribution is -1.84. The lowest BCUT2D eigenvalue weighted by molar-refractivity contribution is 0.503. The van der Waals surface area contributed by atoms with Crippen LogP contribution in [0.1, 0.15) is 17.2 Å². The fourth-order valence-electron chi connectivity index (χ4n) is 1.37. The van der Waals surface area contributed by atoms with E-state index in [0.717, 1.165) is 11.3 Å². The van der Waals surface area contributed by atoms with Crippen molar-refractivity contribution in [3.8, 4) is 17.5 Å². The van der Waals surface area contributed by atoms with Crippen molar-refractivity contribution < 1.29 is 8.83 Å². The van der Waals surface area contributed by atoms with E-state index in [1.165, 1.54) is 0 Å². The molecular weight excluding hydrogens is 194 g/mol. The topological polar surface area (TPSA) is 89.0 Å². The van der Waals surface area contributed by atoms with Gasteiger partial charge in [0.1, 0.15) is 17.6 Å². The highest BCUT2D eigenvalue weighted by Gasteiger charge is 2.16. The number of hydrogen-bond acceptors (Lipinski definition) is 5. The number of nitrogens with zero attached hydrogens (tertiary/aromatic N) is 2. The fourth-order valence-corrected chi connectivity index (χ4v) is 1.37. The third-order valence-electron chi connectivity index (χ3n) is 2.03. The summed E-state index contributed by atoms with van der Waals surface area (Å²) in [5.74, 6) is 1.81. The monoisotopic (exact) mass is 203 g/mol. The molecule has 0 fully saturated rings. The van der Waals surface area contributed by atoms with Gasteiger partial charge in [0.2, 0.25) is 17.5 Å². The van der Waals surface area contributed by atoms with E-state index in [1.807, 2.05) is 13.0 Å². The van der Waals surface area contributed by atoms with Gasteiger partial charge in [0.25, 0.3) is 0 Å². The van der Waals surface area contributed by atoms with Gasteiger partial charge in [0.15, 0.2) is 0 Å². The molecule has 5 heteroatoms. The average Bonchev–Trinajstić information content (AvgIpc) is 2.69. The van der Waals surface area contributed by atoms with E-state index in [-0.39, 0.29) is 11.6 Å². The van der Waals surface area contributed by atoms with Crippen molar-refractivity contribution in [2.24, 2.45) is 0 Å². The highest BCUT2D eigenvalue weighted by atomic mass is 16.4. The second kappa shape index (κ2) is 3.17. The third-order valence-corrected chi connectivity index (χ3v) is 2.03. The number of nitrogen functional groups attached to an aromatic ring is 1. The number of nitriles is 1. The molecule has 2 aromatic rings. The fraction of sp³-hybridized carbons (Fsp3) is 0.200. The number of aryl methyl sites for hydroxylation is 2. The lowest BCUT2D eigenvalue weighted by Gasteiger charge is -1.88. The molecular formula is C10H9N3O2. The van der Waals surface area contributed by atoms with Crippen LogP contribution in [0, 0.1) is 25.2 Å². The number of aromatic nitrogens is 1. The van der Waals surface area contributed by atoms with Gasteiger partial charge in [0, 0.05) is 0 Å². The molecule has 0 radical (unpaired) electrons.